The summed E-state index contributed by atoms with van der Waals surface area (Å²) in [5.74, 6) is 0.951. The maximum Gasteiger partial charge on any atom is 0.211 e. The van der Waals surface area contributed by atoms with Crippen molar-refractivity contribution >= 4 is 10.0 Å². The van der Waals surface area contributed by atoms with E-state index in [1.807, 2.05) is 0 Å². The monoisotopic (exact) mass is 278 g/mol. The predicted octanol–water partition coefficient (Wildman–Crippen LogP) is 0.578. The first-order chi connectivity index (χ1) is 8.49. The van der Waals surface area contributed by atoms with Gasteiger partial charge in [0.1, 0.15) is 0 Å². The van der Waals surface area contributed by atoms with Gasteiger partial charge in [0.05, 0.1) is 12.4 Å². The molecule has 0 aromatic carbocycles. The number of piperidine rings is 1. The fourth-order valence-corrected chi connectivity index (χ4v) is 3.44. The number of hydrogen-bond acceptors (Lipinski definition) is 4. The second kappa shape index (κ2) is 8.09. The molecule has 18 heavy (non-hydrogen) atoms. The van der Waals surface area contributed by atoms with Crippen molar-refractivity contribution in [3.05, 3.63) is 0 Å². The molecule has 1 aliphatic rings. The van der Waals surface area contributed by atoms with Crippen molar-refractivity contribution in [3.63, 3.8) is 0 Å². The van der Waals surface area contributed by atoms with Gasteiger partial charge in [-0.2, -0.15) is 0 Å². The zero-order valence-electron chi connectivity index (χ0n) is 11.4. The third-order valence-electron chi connectivity index (χ3n) is 2.87. The Morgan fingerprint density at radius 1 is 1.44 bits per heavy atom. The minimum absolute atomic E-state index is 0.226. The minimum atomic E-state index is -3.15. The highest BCUT2D eigenvalue weighted by atomic mass is 32.2. The molecule has 1 saturated heterocycles. The van der Waals surface area contributed by atoms with Crippen LogP contribution in [-0.4, -0.2) is 47.0 Å². The Morgan fingerprint density at radius 2 is 2.22 bits per heavy atom. The SMILES string of the molecule is CC(C)COCCNS(=O)(=O)CC1CCCNC1. The van der Waals surface area contributed by atoms with E-state index in [1.54, 1.807) is 0 Å². The second-order valence-corrected chi connectivity index (χ2v) is 7.21. The van der Waals surface area contributed by atoms with Crippen LogP contribution >= 0.6 is 0 Å². The van der Waals surface area contributed by atoms with Gasteiger partial charge in [-0.3, -0.25) is 0 Å². The zero-order chi connectivity index (χ0) is 13.4. The Kier molecular flexibility index (Phi) is 7.14. The van der Waals surface area contributed by atoms with E-state index in [1.165, 1.54) is 0 Å². The molecule has 0 amide bonds. The molecule has 1 aliphatic heterocycles. The van der Waals surface area contributed by atoms with Crippen LogP contribution in [-0.2, 0) is 14.8 Å². The van der Waals surface area contributed by atoms with Crippen LogP contribution in [0.5, 0.6) is 0 Å². The lowest BCUT2D eigenvalue weighted by molar-refractivity contribution is 0.114. The summed E-state index contributed by atoms with van der Waals surface area (Å²) in [4.78, 5) is 0. The van der Waals surface area contributed by atoms with Gasteiger partial charge in [0.2, 0.25) is 10.0 Å². The first kappa shape index (κ1) is 15.9. The molecule has 0 spiro atoms. The third-order valence-corrected chi connectivity index (χ3v) is 4.43. The van der Waals surface area contributed by atoms with Crippen molar-refractivity contribution in [1.82, 2.24) is 10.0 Å². The molecule has 108 valence electrons. The van der Waals surface area contributed by atoms with Crippen molar-refractivity contribution in [2.45, 2.75) is 26.7 Å². The van der Waals surface area contributed by atoms with Gasteiger partial charge < -0.3 is 10.1 Å². The largest absolute Gasteiger partial charge is 0.380 e. The summed E-state index contributed by atoms with van der Waals surface area (Å²) in [7, 11) is -3.15. The molecule has 0 aromatic rings. The van der Waals surface area contributed by atoms with Gasteiger partial charge in [-0.05, 0) is 37.8 Å². The number of ether oxygens (including phenoxy) is 1. The highest BCUT2D eigenvalue weighted by Gasteiger charge is 2.20. The summed E-state index contributed by atoms with van der Waals surface area (Å²) in [5.41, 5.74) is 0. The molecule has 5 nitrogen and oxygen atoms in total. The lowest BCUT2D eigenvalue weighted by Gasteiger charge is -2.22. The van der Waals surface area contributed by atoms with Crippen molar-refractivity contribution < 1.29 is 13.2 Å². The summed E-state index contributed by atoms with van der Waals surface area (Å²) in [6, 6.07) is 0. The van der Waals surface area contributed by atoms with Crippen molar-refractivity contribution in [2.75, 3.05) is 38.6 Å². The minimum Gasteiger partial charge on any atom is -0.380 e. The van der Waals surface area contributed by atoms with E-state index in [0.717, 1.165) is 25.9 Å². The Morgan fingerprint density at radius 3 is 2.83 bits per heavy atom. The maximum atomic E-state index is 11.8. The van der Waals surface area contributed by atoms with Crippen LogP contribution in [0.2, 0.25) is 0 Å². The molecule has 0 aromatic heterocycles. The quantitative estimate of drug-likeness (QED) is 0.637. The molecule has 1 rings (SSSR count). The molecule has 1 heterocycles. The number of hydrogen-bond donors (Lipinski definition) is 2. The van der Waals surface area contributed by atoms with Crippen LogP contribution in [0.3, 0.4) is 0 Å². The van der Waals surface area contributed by atoms with E-state index in [9.17, 15) is 8.42 Å². The van der Waals surface area contributed by atoms with Crippen LogP contribution in [0.1, 0.15) is 26.7 Å². The van der Waals surface area contributed by atoms with Gasteiger partial charge in [-0.1, -0.05) is 13.8 Å². The number of rotatable bonds is 8. The van der Waals surface area contributed by atoms with Gasteiger partial charge in [0, 0.05) is 13.2 Å². The van der Waals surface area contributed by atoms with E-state index < -0.39 is 10.0 Å². The van der Waals surface area contributed by atoms with Gasteiger partial charge in [0.15, 0.2) is 0 Å². The summed E-state index contributed by atoms with van der Waals surface area (Å²) in [5, 5.41) is 3.23. The van der Waals surface area contributed by atoms with Crippen LogP contribution in [0, 0.1) is 11.8 Å². The maximum absolute atomic E-state index is 11.8. The third kappa shape index (κ3) is 7.31. The molecule has 0 bridgehead atoms. The van der Waals surface area contributed by atoms with Gasteiger partial charge in [0.25, 0.3) is 0 Å². The molecule has 2 N–H and O–H groups in total. The average molecular weight is 278 g/mol. The summed E-state index contributed by atoms with van der Waals surface area (Å²) in [6.07, 6.45) is 2.06. The van der Waals surface area contributed by atoms with Crippen molar-refractivity contribution in [3.8, 4) is 0 Å². The molecular weight excluding hydrogens is 252 g/mol. The standard InChI is InChI=1S/C12H26N2O3S/c1-11(2)9-17-7-6-14-18(15,16)10-12-4-3-5-13-8-12/h11-14H,3-10H2,1-2H3. The fraction of sp³-hybridized carbons (Fsp3) is 1.00. The smallest absolute Gasteiger partial charge is 0.211 e. The summed E-state index contributed by atoms with van der Waals surface area (Å²) < 4.78 is 31.5. The summed E-state index contributed by atoms with van der Waals surface area (Å²) >= 11 is 0. The van der Waals surface area contributed by atoms with Crippen molar-refractivity contribution in [1.29, 1.82) is 0 Å². The van der Waals surface area contributed by atoms with E-state index in [2.05, 4.69) is 23.9 Å². The van der Waals surface area contributed by atoms with Crippen LogP contribution in [0.25, 0.3) is 0 Å². The summed E-state index contributed by atoms with van der Waals surface area (Å²) in [6.45, 7) is 7.45. The Labute approximate surface area is 111 Å². The highest BCUT2D eigenvalue weighted by Crippen LogP contribution is 2.11. The van der Waals surface area contributed by atoms with Crippen LogP contribution in [0.15, 0.2) is 0 Å². The van der Waals surface area contributed by atoms with E-state index in [4.69, 9.17) is 4.74 Å². The van der Waals surface area contributed by atoms with E-state index >= 15 is 0 Å². The molecule has 6 heteroatoms. The lowest BCUT2D eigenvalue weighted by Crippen LogP contribution is -2.38. The first-order valence-corrected chi connectivity index (χ1v) is 8.40. The highest BCUT2D eigenvalue weighted by molar-refractivity contribution is 7.89. The lowest BCUT2D eigenvalue weighted by atomic mass is 10.0. The molecule has 0 aliphatic carbocycles. The number of nitrogens with one attached hydrogen (secondary N) is 2. The number of sulfonamides is 1. The predicted molar refractivity (Wildman–Crippen MR) is 73.0 cm³/mol. The van der Waals surface area contributed by atoms with Crippen molar-refractivity contribution in [2.24, 2.45) is 11.8 Å². The topological polar surface area (TPSA) is 67.4 Å². The van der Waals surface area contributed by atoms with Crippen LogP contribution < -0.4 is 10.0 Å². The second-order valence-electron chi connectivity index (χ2n) is 5.36. The van der Waals surface area contributed by atoms with E-state index in [0.29, 0.717) is 25.7 Å². The molecule has 0 radical (unpaired) electrons. The Balaban J connectivity index is 2.14. The van der Waals surface area contributed by atoms with E-state index in [-0.39, 0.29) is 11.7 Å². The molecule has 1 atom stereocenters. The molecule has 1 fully saturated rings. The normalized spacial score (nSPS) is 21.4. The van der Waals surface area contributed by atoms with Crippen LogP contribution in [0.4, 0.5) is 0 Å². The van der Waals surface area contributed by atoms with Gasteiger partial charge in [-0.15, -0.1) is 0 Å². The zero-order valence-corrected chi connectivity index (χ0v) is 12.3. The Hall–Kier alpha value is -0.170. The Bertz CT molecular complexity index is 311. The molecule has 0 saturated carbocycles. The van der Waals surface area contributed by atoms with Gasteiger partial charge in [-0.25, -0.2) is 13.1 Å². The first-order valence-electron chi connectivity index (χ1n) is 6.75. The molecule has 1 unspecified atom stereocenters. The van der Waals surface area contributed by atoms with Gasteiger partial charge >= 0.3 is 0 Å². The fourth-order valence-electron chi connectivity index (χ4n) is 2.02. The molecular formula is C12H26N2O3S. The average Bonchev–Trinajstić information content (AvgIpc) is 2.28.